The van der Waals surface area contributed by atoms with Crippen LogP contribution in [0.2, 0.25) is 10.0 Å². The maximum atomic E-state index is 10.3. The van der Waals surface area contributed by atoms with Gasteiger partial charge in [0.2, 0.25) is 0 Å². The Morgan fingerprint density at radius 2 is 2.05 bits per heavy atom. The first-order valence-electron chi connectivity index (χ1n) is 5.82. The Morgan fingerprint density at radius 3 is 2.74 bits per heavy atom. The lowest BCUT2D eigenvalue weighted by Gasteiger charge is -2.14. The summed E-state index contributed by atoms with van der Waals surface area (Å²) in [5.74, 6) is 0.615. The zero-order valence-electron chi connectivity index (χ0n) is 10.3. The zero-order valence-corrected chi connectivity index (χ0v) is 11.8. The number of halogens is 2. The van der Waals surface area contributed by atoms with E-state index in [1.54, 1.807) is 36.7 Å². The van der Waals surface area contributed by atoms with Gasteiger partial charge in [0.25, 0.3) is 0 Å². The highest BCUT2D eigenvalue weighted by Crippen LogP contribution is 2.31. The molecule has 0 radical (unpaired) electrons. The Morgan fingerprint density at radius 1 is 1.26 bits per heavy atom. The molecule has 0 spiro atoms. The number of benzene rings is 1. The summed E-state index contributed by atoms with van der Waals surface area (Å²) in [4.78, 5) is 4.04. The van der Waals surface area contributed by atoms with Gasteiger partial charge in [0.1, 0.15) is 11.9 Å². The second kappa shape index (κ2) is 6.24. The molecule has 0 aliphatic carbocycles. The summed E-state index contributed by atoms with van der Waals surface area (Å²) in [6.45, 7) is 2.43. The van der Waals surface area contributed by atoms with Crippen LogP contribution in [0.4, 0.5) is 0 Å². The van der Waals surface area contributed by atoms with Crippen LogP contribution < -0.4 is 4.74 Å². The molecule has 1 aromatic heterocycles. The third-order valence-electron chi connectivity index (χ3n) is 2.62. The fourth-order valence-electron chi connectivity index (χ4n) is 1.73. The third kappa shape index (κ3) is 3.38. The van der Waals surface area contributed by atoms with Gasteiger partial charge in [0.05, 0.1) is 12.8 Å². The second-order valence-electron chi connectivity index (χ2n) is 3.96. The van der Waals surface area contributed by atoms with E-state index in [2.05, 4.69) is 4.98 Å². The van der Waals surface area contributed by atoms with Gasteiger partial charge in [-0.05, 0) is 25.1 Å². The van der Waals surface area contributed by atoms with Crippen molar-refractivity contribution in [3.8, 4) is 5.75 Å². The lowest BCUT2D eigenvalue weighted by molar-refractivity contribution is 0.219. The number of aliphatic hydroxyl groups is 1. The van der Waals surface area contributed by atoms with E-state index in [9.17, 15) is 5.11 Å². The summed E-state index contributed by atoms with van der Waals surface area (Å²) >= 11 is 11.9. The normalized spacial score (nSPS) is 12.2. The van der Waals surface area contributed by atoms with E-state index in [1.165, 1.54) is 0 Å². The van der Waals surface area contributed by atoms with Gasteiger partial charge in [0.15, 0.2) is 0 Å². The summed E-state index contributed by atoms with van der Waals surface area (Å²) in [6.07, 6.45) is 2.32. The predicted octanol–water partition coefficient (Wildman–Crippen LogP) is 3.87. The highest BCUT2D eigenvalue weighted by Gasteiger charge is 2.15. The molecule has 0 saturated carbocycles. The molecule has 3 nitrogen and oxygen atoms in total. The van der Waals surface area contributed by atoms with Crippen LogP contribution in [0, 0.1) is 0 Å². The number of aromatic nitrogens is 1. The van der Waals surface area contributed by atoms with Crippen LogP contribution in [0.3, 0.4) is 0 Å². The van der Waals surface area contributed by atoms with Crippen LogP contribution in [0.25, 0.3) is 0 Å². The number of pyridine rings is 1. The van der Waals surface area contributed by atoms with Gasteiger partial charge >= 0.3 is 0 Å². The molecule has 1 heterocycles. The first kappa shape index (κ1) is 14.1. The molecule has 1 atom stereocenters. The van der Waals surface area contributed by atoms with Crippen molar-refractivity contribution in [2.24, 2.45) is 0 Å². The van der Waals surface area contributed by atoms with Crippen LogP contribution in [0.1, 0.15) is 24.2 Å². The van der Waals surface area contributed by atoms with Gasteiger partial charge in [-0.3, -0.25) is 4.98 Å². The van der Waals surface area contributed by atoms with Gasteiger partial charge < -0.3 is 9.84 Å². The fourth-order valence-corrected chi connectivity index (χ4v) is 2.25. The maximum absolute atomic E-state index is 10.3. The molecule has 2 rings (SSSR count). The average Bonchev–Trinajstić information content (AvgIpc) is 2.39. The quantitative estimate of drug-likeness (QED) is 0.931. The predicted molar refractivity (Wildman–Crippen MR) is 75.9 cm³/mol. The van der Waals surface area contributed by atoms with Gasteiger partial charge in [-0.2, -0.15) is 0 Å². The topological polar surface area (TPSA) is 42.4 Å². The molecule has 0 aliphatic rings. The van der Waals surface area contributed by atoms with Crippen molar-refractivity contribution in [3.05, 3.63) is 57.8 Å². The lowest BCUT2D eigenvalue weighted by Crippen LogP contribution is -2.02. The molecule has 5 heteroatoms. The summed E-state index contributed by atoms with van der Waals surface area (Å²) in [7, 11) is 0. The van der Waals surface area contributed by atoms with Crippen LogP contribution in [0.15, 0.2) is 36.7 Å². The Hall–Kier alpha value is -1.29. The minimum atomic E-state index is -0.863. The van der Waals surface area contributed by atoms with Crippen LogP contribution >= 0.6 is 23.2 Å². The largest absolute Gasteiger partial charge is 0.492 e. The SMILES string of the molecule is CCOc1cncc(C(O)c2ccc(Cl)cc2Cl)c1. The second-order valence-corrected chi connectivity index (χ2v) is 4.80. The molecule has 100 valence electrons. The summed E-state index contributed by atoms with van der Waals surface area (Å²) < 4.78 is 5.35. The van der Waals surface area contributed by atoms with E-state index in [4.69, 9.17) is 27.9 Å². The molecule has 0 amide bonds. The van der Waals surface area contributed by atoms with Crippen molar-refractivity contribution in [2.45, 2.75) is 13.0 Å². The van der Waals surface area contributed by atoms with E-state index in [0.29, 0.717) is 33.5 Å². The lowest BCUT2D eigenvalue weighted by atomic mass is 10.0. The number of hydrogen-bond acceptors (Lipinski definition) is 3. The average molecular weight is 298 g/mol. The highest BCUT2D eigenvalue weighted by atomic mass is 35.5. The monoisotopic (exact) mass is 297 g/mol. The first-order chi connectivity index (χ1) is 9.11. The number of nitrogens with zero attached hydrogens (tertiary/aromatic N) is 1. The number of ether oxygens (including phenoxy) is 1. The van der Waals surface area contributed by atoms with Crippen molar-refractivity contribution < 1.29 is 9.84 Å². The van der Waals surface area contributed by atoms with Gasteiger partial charge in [0, 0.05) is 27.4 Å². The molecule has 1 aromatic carbocycles. The van der Waals surface area contributed by atoms with Gasteiger partial charge in [-0.15, -0.1) is 0 Å². The molecule has 0 bridgehead atoms. The molecule has 0 fully saturated rings. The molecule has 1 N–H and O–H groups in total. The van der Waals surface area contributed by atoms with E-state index in [0.717, 1.165) is 0 Å². The summed E-state index contributed by atoms with van der Waals surface area (Å²) in [6, 6.07) is 6.72. The van der Waals surface area contributed by atoms with E-state index in [-0.39, 0.29) is 0 Å². The van der Waals surface area contributed by atoms with Crippen LogP contribution in [0.5, 0.6) is 5.75 Å². The molecule has 0 aliphatic heterocycles. The van der Waals surface area contributed by atoms with Crippen molar-refractivity contribution in [1.82, 2.24) is 4.98 Å². The molecule has 0 saturated heterocycles. The van der Waals surface area contributed by atoms with E-state index >= 15 is 0 Å². The molecular weight excluding hydrogens is 285 g/mol. The summed E-state index contributed by atoms with van der Waals surface area (Å²) in [5, 5.41) is 11.3. The van der Waals surface area contributed by atoms with Crippen molar-refractivity contribution >= 4 is 23.2 Å². The van der Waals surface area contributed by atoms with Gasteiger partial charge in [-0.25, -0.2) is 0 Å². The fraction of sp³-hybridized carbons (Fsp3) is 0.214. The first-order valence-corrected chi connectivity index (χ1v) is 6.58. The Labute approximate surface area is 121 Å². The van der Waals surface area contributed by atoms with Crippen molar-refractivity contribution in [3.63, 3.8) is 0 Å². The zero-order chi connectivity index (χ0) is 13.8. The van der Waals surface area contributed by atoms with Crippen molar-refractivity contribution in [1.29, 1.82) is 0 Å². The molecule has 1 unspecified atom stereocenters. The Kier molecular flexibility index (Phi) is 4.64. The number of aliphatic hydroxyl groups excluding tert-OH is 1. The molecular formula is C14H13Cl2NO2. The standard InChI is InChI=1S/C14H13Cl2NO2/c1-2-19-11-5-9(7-17-8-11)14(18)12-4-3-10(15)6-13(12)16/h3-8,14,18H,2H2,1H3. The van der Waals surface area contributed by atoms with Gasteiger partial charge in [-0.1, -0.05) is 29.3 Å². The third-order valence-corrected chi connectivity index (χ3v) is 3.18. The Balaban J connectivity index is 2.32. The highest BCUT2D eigenvalue weighted by molar-refractivity contribution is 6.35. The molecule has 2 aromatic rings. The number of hydrogen-bond donors (Lipinski definition) is 1. The minimum absolute atomic E-state index is 0.418. The maximum Gasteiger partial charge on any atom is 0.137 e. The Bertz CT molecular complexity index is 575. The number of rotatable bonds is 4. The smallest absolute Gasteiger partial charge is 0.137 e. The van der Waals surface area contributed by atoms with E-state index in [1.807, 2.05) is 6.92 Å². The minimum Gasteiger partial charge on any atom is -0.492 e. The van der Waals surface area contributed by atoms with Crippen LogP contribution in [-0.2, 0) is 0 Å². The summed E-state index contributed by atoms with van der Waals surface area (Å²) in [5.41, 5.74) is 1.21. The van der Waals surface area contributed by atoms with Crippen molar-refractivity contribution in [2.75, 3.05) is 6.61 Å². The van der Waals surface area contributed by atoms with E-state index < -0.39 is 6.10 Å². The van der Waals surface area contributed by atoms with Crippen LogP contribution in [-0.4, -0.2) is 16.7 Å². The molecule has 19 heavy (non-hydrogen) atoms.